The first-order chi connectivity index (χ1) is 21.4. The number of para-hydroxylation sites is 1. The minimum absolute atomic E-state index is 0.202. The monoisotopic (exact) mass is 593 g/mol. The topological polar surface area (TPSA) is 135 Å². The van der Waals surface area contributed by atoms with Crippen LogP contribution in [0.4, 0.5) is 10.5 Å². The van der Waals surface area contributed by atoms with Crippen LogP contribution in [-0.2, 0) is 35.5 Å². The summed E-state index contributed by atoms with van der Waals surface area (Å²) in [7, 11) is 0. The maximum atomic E-state index is 13.8. The molecule has 44 heavy (non-hydrogen) atoms. The largest absolute Gasteiger partial charge is 0.494 e. The normalized spacial score (nSPS) is 12.0. The minimum atomic E-state index is -0.966. The second kappa shape index (κ2) is 16.5. The highest BCUT2D eigenvalue weighted by atomic mass is 16.5. The summed E-state index contributed by atoms with van der Waals surface area (Å²) < 4.78 is 5.54. The summed E-state index contributed by atoms with van der Waals surface area (Å²) in [6, 6.07) is 31.1. The van der Waals surface area contributed by atoms with Gasteiger partial charge >= 0.3 is 6.03 Å². The number of amides is 4. The van der Waals surface area contributed by atoms with Gasteiger partial charge in [0.25, 0.3) is 0 Å². The van der Waals surface area contributed by atoms with Gasteiger partial charge in [0, 0.05) is 31.6 Å². The fourth-order valence-corrected chi connectivity index (χ4v) is 4.62. The van der Waals surface area contributed by atoms with Gasteiger partial charge in [0.05, 0.1) is 6.61 Å². The molecule has 0 aliphatic rings. The summed E-state index contributed by atoms with van der Waals surface area (Å²) in [5.74, 6) is -0.103. The zero-order valence-corrected chi connectivity index (χ0v) is 24.8. The third-order valence-electron chi connectivity index (χ3n) is 6.97. The standard InChI is InChI=1S/C35H39N5O4/c1-2-44-30-19-17-26(18-20-30)22-32(40-35(43)38-29-11-7-4-8-12-29)34(42)39-31(21-25-9-5-3-6-10-25)33(41)37-24-28-15-13-27(23-36)14-16-28/h3-20,31-32H,2,21-24,36H2,1H3,(H,37,41)(H,39,42)(H2,38,40,43)/t31-,32+/m0/s1. The predicted molar refractivity (Wildman–Crippen MR) is 172 cm³/mol. The van der Waals surface area contributed by atoms with Crippen LogP contribution >= 0.6 is 0 Å². The van der Waals surface area contributed by atoms with Gasteiger partial charge in [0.1, 0.15) is 17.8 Å². The summed E-state index contributed by atoms with van der Waals surface area (Å²) in [5.41, 5.74) is 9.90. The van der Waals surface area contributed by atoms with E-state index in [-0.39, 0.29) is 25.3 Å². The van der Waals surface area contributed by atoms with Crippen LogP contribution in [0.15, 0.2) is 109 Å². The van der Waals surface area contributed by atoms with Crippen molar-refractivity contribution >= 4 is 23.5 Å². The van der Waals surface area contributed by atoms with Crippen LogP contribution in [0.1, 0.15) is 29.2 Å². The molecule has 4 aromatic carbocycles. The number of nitrogens with one attached hydrogen (secondary N) is 4. The Hall–Kier alpha value is -5.15. The van der Waals surface area contributed by atoms with E-state index in [0.717, 1.165) is 22.3 Å². The van der Waals surface area contributed by atoms with E-state index in [2.05, 4.69) is 21.3 Å². The molecule has 2 atom stereocenters. The number of hydrogen-bond acceptors (Lipinski definition) is 5. The predicted octanol–water partition coefficient (Wildman–Crippen LogP) is 4.32. The summed E-state index contributed by atoms with van der Waals surface area (Å²) in [6.07, 6.45) is 0.476. The van der Waals surface area contributed by atoms with Crippen molar-refractivity contribution in [1.82, 2.24) is 16.0 Å². The Morgan fingerprint density at radius 1 is 0.659 bits per heavy atom. The van der Waals surface area contributed by atoms with Gasteiger partial charge in [-0.25, -0.2) is 4.79 Å². The molecule has 9 nitrogen and oxygen atoms in total. The van der Waals surface area contributed by atoms with E-state index in [0.29, 0.717) is 24.6 Å². The van der Waals surface area contributed by atoms with Crippen molar-refractivity contribution in [3.05, 3.63) is 131 Å². The lowest BCUT2D eigenvalue weighted by Gasteiger charge is -2.24. The van der Waals surface area contributed by atoms with E-state index >= 15 is 0 Å². The Balaban J connectivity index is 1.51. The molecule has 0 heterocycles. The van der Waals surface area contributed by atoms with Crippen molar-refractivity contribution in [2.75, 3.05) is 11.9 Å². The van der Waals surface area contributed by atoms with Gasteiger partial charge in [-0.2, -0.15) is 0 Å². The third kappa shape index (κ3) is 9.99. The fourth-order valence-electron chi connectivity index (χ4n) is 4.62. The van der Waals surface area contributed by atoms with Crippen molar-refractivity contribution in [1.29, 1.82) is 0 Å². The number of nitrogens with two attached hydrogens (primary N) is 1. The first-order valence-corrected chi connectivity index (χ1v) is 14.7. The van der Waals surface area contributed by atoms with Crippen molar-refractivity contribution in [2.45, 2.75) is 44.9 Å². The van der Waals surface area contributed by atoms with Gasteiger partial charge in [0.15, 0.2) is 0 Å². The number of anilines is 1. The number of hydrogen-bond donors (Lipinski definition) is 5. The molecule has 0 unspecified atom stereocenters. The first kappa shape index (κ1) is 31.8. The summed E-state index contributed by atoms with van der Waals surface area (Å²) in [6.45, 7) is 3.17. The van der Waals surface area contributed by atoms with Gasteiger partial charge < -0.3 is 31.7 Å². The maximum absolute atomic E-state index is 13.8. The smallest absolute Gasteiger partial charge is 0.319 e. The van der Waals surface area contributed by atoms with Crippen molar-refractivity contribution < 1.29 is 19.1 Å². The second-order valence-electron chi connectivity index (χ2n) is 10.3. The molecule has 228 valence electrons. The molecular formula is C35H39N5O4. The summed E-state index contributed by atoms with van der Waals surface area (Å²) >= 11 is 0. The minimum Gasteiger partial charge on any atom is -0.494 e. The maximum Gasteiger partial charge on any atom is 0.319 e. The molecule has 4 amide bonds. The Labute approximate surface area is 258 Å². The first-order valence-electron chi connectivity index (χ1n) is 14.7. The van der Waals surface area contributed by atoms with Crippen LogP contribution in [0, 0.1) is 0 Å². The average Bonchev–Trinajstić information content (AvgIpc) is 3.05. The molecule has 0 radical (unpaired) electrons. The number of rotatable bonds is 14. The molecule has 0 aliphatic carbocycles. The highest BCUT2D eigenvalue weighted by Gasteiger charge is 2.27. The van der Waals surface area contributed by atoms with E-state index in [9.17, 15) is 14.4 Å². The van der Waals surface area contributed by atoms with Crippen molar-refractivity contribution in [2.24, 2.45) is 5.73 Å². The Morgan fingerprint density at radius 2 is 1.20 bits per heavy atom. The molecule has 0 saturated heterocycles. The van der Waals surface area contributed by atoms with E-state index in [1.807, 2.05) is 91.9 Å². The Kier molecular flexibility index (Phi) is 11.9. The highest BCUT2D eigenvalue weighted by molar-refractivity contribution is 5.95. The van der Waals surface area contributed by atoms with Crippen molar-refractivity contribution in [3.8, 4) is 5.75 Å². The molecule has 0 saturated carbocycles. The molecule has 0 aromatic heterocycles. The van der Waals surface area contributed by atoms with Crippen LogP contribution < -0.4 is 31.7 Å². The second-order valence-corrected chi connectivity index (χ2v) is 10.3. The number of ether oxygens (including phenoxy) is 1. The lowest BCUT2D eigenvalue weighted by Crippen LogP contribution is -2.55. The lowest BCUT2D eigenvalue weighted by molar-refractivity contribution is -0.130. The molecule has 6 N–H and O–H groups in total. The molecular weight excluding hydrogens is 554 g/mol. The van der Waals surface area contributed by atoms with Crippen LogP contribution in [0.5, 0.6) is 5.75 Å². The molecule has 4 rings (SSSR count). The van der Waals surface area contributed by atoms with E-state index in [4.69, 9.17) is 10.5 Å². The molecule has 0 bridgehead atoms. The van der Waals surface area contributed by atoms with Gasteiger partial charge in [-0.15, -0.1) is 0 Å². The summed E-state index contributed by atoms with van der Waals surface area (Å²) in [5, 5.41) is 11.4. The van der Waals surface area contributed by atoms with Crippen LogP contribution in [0.25, 0.3) is 0 Å². The Bertz CT molecular complexity index is 1480. The average molecular weight is 594 g/mol. The van der Waals surface area contributed by atoms with Gasteiger partial charge in [0.2, 0.25) is 11.8 Å². The number of carbonyl (C=O) groups is 3. The van der Waals surface area contributed by atoms with E-state index in [1.54, 1.807) is 24.3 Å². The molecule has 0 aliphatic heterocycles. The molecule has 0 fully saturated rings. The quantitative estimate of drug-likeness (QED) is 0.148. The number of carbonyl (C=O) groups excluding carboxylic acids is 3. The van der Waals surface area contributed by atoms with Gasteiger partial charge in [-0.3, -0.25) is 9.59 Å². The third-order valence-corrected chi connectivity index (χ3v) is 6.97. The zero-order valence-electron chi connectivity index (χ0n) is 24.8. The van der Waals surface area contributed by atoms with Crippen LogP contribution in [-0.4, -0.2) is 36.5 Å². The number of benzene rings is 4. The van der Waals surface area contributed by atoms with Crippen molar-refractivity contribution in [3.63, 3.8) is 0 Å². The van der Waals surface area contributed by atoms with Gasteiger partial charge in [-0.1, -0.05) is 84.9 Å². The summed E-state index contributed by atoms with van der Waals surface area (Å²) in [4.78, 5) is 40.2. The molecule has 4 aromatic rings. The lowest BCUT2D eigenvalue weighted by atomic mass is 10.0. The SMILES string of the molecule is CCOc1ccc(C[C@@H](NC(=O)Nc2ccccc2)C(=O)N[C@@H](Cc2ccccc2)C(=O)NCc2ccc(CN)cc2)cc1. The molecule has 0 spiro atoms. The van der Waals surface area contributed by atoms with Gasteiger partial charge in [-0.05, 0) is 53.4 Å². The van der Waals surface area contributed by atoms with E-state index in [1.165, 1.54) is 0 Å². The van der Waals surface area contributed by atoms with Crippen LogP contribution in [0.2, 0.25) is 0 Å². The molecule has 9 heteroatoms. The highest BCUT2D eigenvalue weighted by Crippen LogP contribution is 2.15. The van der Waals surface area contributed by atoms with Crippen LogP contribution in [0.3, 0.4) is 0 Å². The zero-order chi connectivity index (χ0) is 31.1. The van der Waals surface area contributed by atoms with E-state index < -0.39 is 24.0 Å². The Morgan fingerprint density at radius 3 is 1.82 bits per heavy atom. The fraction of sp³-hybridized carbons (Fsp3) is 0.229. The number of urea groups is 1.